The SMILES string of the molecule is COC(=O)N[C@H](C(=O)N1CCC[C@H]1c1nc2c(ccc3cc(-c4ccc5c(ccc6[nH]c(C7C=C=CN7C(=O)[C@H](NC(=O)OC)c7ccccc7)nc65)c4)ccc32)[nH]1)C(C)C. The lowest BCUT2D eigenvalue weighted by atomic mass is 9.98. The summed E-state index contributed by atoms with van der Waals surface area (Å²) in [5, 5.41) is 9.38. The molecule has 61 heavy (non-hydrogen) atoms. The summed E-state index contributed by atoms with van der Waals surface area (Å²) in [7, 11) is 2.55. The van der Waals surface area contributed by atoms with Crippen LogP contribution in [0.4, 0.5) is 9.59 Å². The Bertz CT molecular complexity index is 2930. The largest absolute Gasteiger partial charge is 0.453 e. The molecule has 1 saturated heterocycles. The third-order valence-corrected chi connectivity index (χ3v) is 11.7. The number of H-pyrrole nitrogens is 2. The van der Waals surface area contributed by atoms with Gasteiger partial charge in [0.25, 0.3) is 5.91 Å². The van der Waals surface area contributed by atoms with E-state index in [4.69, 9.17) is 19.4 Å². The molecule has 0 radical (unpaired) electrons. The number of methoxy groups -OCH3 is 2. The fraction of sp³-hybridized carbons (Fsp3) is 0.255. The Hall–Kier alpha value is -7.44. The molecule has 0 saturated carbocycles. The highest BCUT2D eigenvalue weighted by atomic mass is 16.5. The standard InChI is InChI=1S/C47H44N8O6/c1-26(2)38(52-46(58)60-3)44(56)54-22-8-12-36(54)42-48-34-20-16-30-24-28(14-18-32(30)40(34)50-42)29-15-19-33-31(25-29)17-21-35-41(33)51-43(49-35)37-13-9-23-55(37)45(57)39(53-47(59)61-4)27-10-6-5-7-11-27/h5-7,10-11,13-21,23-26,36-39H,8,12,22H2,1-4H3,(H,48,50)(H,49,51)(H,52,58)(H,53,59)/t36-,37?,38-,39+/m0/s1. The molecule has 5 aromatic carbocycles. The minimum atomic E-state index is -0.982. The average molecular weight is 817 g/mol. The number of rotatable bonds is 9. The Balaban J connectivity index is 0.973. The molecule has 2 aliphatic rings. The van der Waals surface area contributed by atoms with Crippen molar-refractivity contribution in [3.05, 3.63) is 126 Å². The molecule has 2 aromatic heterocycles. The lowest BCUT2D eigenvalue weighted by Gasteiger charge is -2.29. The highest BCUT2D eigenvalue weighted by molar-refractivity contribution is 6.07. The number of likely N-dealkylation sites (tertiary alicyclic amines) is 1. The second-order valence-electron chi connectivity index (χ2n) is 15.7. The molecule has 0 bridgehead atoms. The van der Waals surface area contributed by atoms with Gasteiger partial charge in [0.05, 0.1) is 48.5 Å². The van der Waals surface area contributed by atoms with E-state index in [0.717, 1.165) is 73.4 Å². The molecule has 7 aromatic rings. The number of aromatic nitrogens is 4. The van der Waals surface area contributed by atoms with Gasteiger partial charge in [0, 0.05) is 17.3 Å². The highest BCUT2D eigenvalue weighted by Gasteiger charge is 2.38. The van der Waals surface area contributed by atoms with Crippen molar-refractivity contribution in [1.29, 1.82) is 0 Å². The normalized spacial score (nSPS) is 17.1. The third kappa shape index (κ3) is 7.20. The topological polar surface area (TPSA) is 175 Å². The number of fused-ring (bicyclic) bond motifs is 6. The van der Waals surface area contributed by atoms with Gasteiger partial charge in [-0.25, -0.2) is 19.6 Å². The van der Waals surface area contributed by atoms with E-state index in [0.29, 0.717) is 17.9 Å². The predicted molar refractivity (Wildman–Crippen MR) is 231 cm³/mol. The predicted octanol–water partition coefficient (Wildman–Crippen LogP) is 8.11. The van der Waals surface area contributed by atoms with E-state index < -0.39 is 30.3 Å². The van der Waals surface area contributed by atoms with Crippen LogP contribution in [-0.4, -0.2) is 80.5 Å². The maximum absolute atomic E-state index is 14.0. The van der Waals surface area contributed by atoms with Crippen LogP contribution < -0.4 is 10.6 Å². The number of nitrogens with one attached hydrogen (secondary N) is 4. The molecule has 4 heterocycles. The van der Waals surface area contributed by atoms with Crippen molar-refractivity contribution in [2.45, 2.75) is 50.9 Å². The first-order valence-electron chi connectivity index (χ1n) is 20.3. The van der Waals surface area contributed by atoms with Gasteiger partial charge in [-0.3, -0.25) is 14.5 Å². The van der Waals surface area contributed by atoms with E-state index in [1.54, 1.807) is 24.4 Å². The lowest BCUT2D eigenvalue weighted by molar-refractivity contribution is -0.135. The number of carbonyl (C=O) groups is 4. The van der Waals surface area contributed by atoms with Gasteiger partial charge in [0.15, 0.2) is 0 Å². The zero-order chi connectivity index (χ0) is 42.4. The summed E-state index contributed by atoms with van der Waals surface area (Å²) in [6, 6.07) is 27.4. The Labute approximate surface area is 350 Å². The van der Waals surface area contributed by atoms with Gasteiger partial charge in [0.1, 0.15) is 29.8 Å². The van der Waals surface area contributed by atoms with E-state index in [2.05, 4.69) is 74.9 Å². The zero-order valence-corrected chi connectivity index (χ0v) is 34.1. The lowest BCUT2D eigenvalue weighted by Crippen LogP contribution is -2.51. The molecule has 0 aliphatic carbocycles. The number of aromatic amines is 2. The van der Waals surface area contributed by atoms with Crippen molar-refractivity contribution in [3.63, 3.8) is 0 Å². The molecule has 4 amide bonds. The molecular weight excluding hydrogens is 773 g/mol. The summed E-state index contributed by atoms with van der Waals surface area (Å²) in [5.74, 6) is 0.667. The molecule has 4 atom stereocenters. The van der Waals surface area contributed by atoms with E-state index in [-0.39, 0.29) is 23.8 Å². The van der Waals surface area contributed by atoms with E-state index in [1.807, 2.05) is 49.1 Å². The van der Waals surface area contributed by atoms with Crippen molar-refractivity contribution >= 4 is 67.6 Å². The number of carbonyl (C=O) groups excluding carboxylic acids is 4. The molecule has 14 heteroatoms. The van der Waals surface area contributed by atoms with Crippen molar-refractivity contribution in [2.24, 2.45) is 5.92 Å². The molecule has 2 aliphatic heterocycles. The number of alkyl carbamates (subject to hydrolysis) is 2. The smallest absolute Gasteiger partial charge is 0.407 e. The van der Waals surface area contributed by atoms with Crippen LogP contribution >= 0.6 is 0 Å². The van der Waals surface area contributed by atoms with Gasteiger partial charge in [0.2, 0.25) is 5.91 Å². The van der Waals surface area contributed by atoms with Crippen molar-refractivity contribution in [3.8, 4) is 11.1 Å². The molecule has 308 valence electrons. The first-order valence-corrected chi connectivity index (χ1v) is 20.3. The summed E-state index contributed by atoms with van der Waals surface area (Å²) in [6.45, 7) is 4.39. The van der Waals surface area contributed by atoms with Crippen LogP contribution in [-0.2, 0) is 19.1 Å². The first-order chi connectivity index (χ1) is 29.6. The average Bonchev–Trinajstić information content (AvgIpc) is 4.12. The summed E-state index contributed by atoms with van der Waals surface area (Å²) < 4.78 is 9.62. The van der Waals surface area contributed by atoms with Gasteiger partial charge < -0.3 is 35.0 Å². The molecule has 14 nitrogen and oxygen atoms in total. The van der Waals surface area contributed by atoms with Gasteiger partial charge in [-0.2, -0.15) is 0 Å². The van der Waals surface area contributed by atoms with Crippen molar-refractivity contribution in [2.75, 3.05) is 20.8 Å². The van der Waals surface area contributed by atoms with Gasteiger partial charge >= 0.3 is 12.2 Å². The molecular formula is C47H44N8O6. The van der Waals surface area contributed by atoms with Gasteiger partial charge in [-0.15, -0.1) is 5.73 Å². The fourth-order valence-corrected chi connectivity index (χ4v) is 8.54. The number of hydrogen-bond donors (Lipinski definition) is 4. The summed E-state index contributed by atoms with van der Waals surface area (Å²) >= 11 is 0. The molecule has 9 rings (SSSR count). The first kappa shape index (κ1) is 39.0. The Morgan fingerprint density at radius 1 is 0.754 bits per heavy atom. The van der Waals surface area contributed by atoms with Crippen LogP contribution in [0.2, 0.25) is 0 Å². The number of benzene rings is 5. The van der Waals surface area contributed by atoms with Crippen LogP contribution in [0.1, 0.15) is 62.0 Å². The second-order valence-corrected chi connectivity index (χ2v) is 15.7. The minimum Gasteiger partial charge on any atom is -0.453 e. The van der Waals surface area contributed by atoms with Crippen LogP contribution in [0.25, 0.3) is 54.7 Å². The van der Waals surface area contributed by atoms with E-state index >= 15 is 0 Å². The van der Waals surface area contributed by atoms with Gasteiger partial charge in [-0.1, -0.05) is 80.6 Å². The second kappa shape index (κ2) is 16.0. The zero-order valence-electron chi connectivity index (χ0n) is 34.1. The number of hydrogen-bond acceptors (Lipinski definition) is 8. The van der Waals surface area contributed by atoms with Crippen molar-refractivity contribution < 1.29 is 28.7 Å². The van der Waals surface area contributed by atoms with E-state index in [1.165, 1.54) is 19.1 Å². The molecule has 1 fully saturated rings. The van der Waals surface area contributed by atoms with Crippen LogP contribution in [0.3, 0.4) is 0 Å². The summed E-state index contributed by atoms with van der Waals surface area (Å²) in [5.41, 5.74) is 9.08. The van der Waals surface area contributed by atoms with Crippen LogP contribution in [0.5, 0.6) is 0 Å². The number of imidazole rings is 2. The van der Waals surface area contributed by atoms with Gasteiger partial charge in [-0.05, 0) is 76.6 Å². The summed E-state index contributed by atoms with van der Waals surface area (Å²) in [4.78, 5) is 72.4. The quantitative estimate of drug-likeness (QED) is 0.106. The number of ether oxygens (including phenoxy) is 2. The summed E-state index contributed by atoms with van der Waals surface area (Å²) in [6.07, 6.45) is 3.60. The fourth-order valence-electron chi connectivity index (χ4n) is 8.54. The maximum Gasteiger partial charge on any atom is 0.407 e. The van der Waals surface area contributed by atoms with Crippen molar-refractivity contribution in [1.82, 2.24) is 40.4 Å². The Morgan fingerprint density at radius 3 is 1.98 bits per heavy atom. The monoisotopic (exact) mass is 816 g/mol. The highest BCUT2D eigenvalue weighted by Crippen LogP contribution is 2.37. The van der Waals surface area contributed by atoms with E-state index in [9.17, 15) is 19.2 Å². The minimum absolute atomic E-state index is 0.121. The molecule has 1 unspecified atom stereocenters. The molecule has 0 spiro atoms. The van der Waals surface area contributed by atoms with Crippen LogP contribution in [0, 0.1) is 5.92 Å². The van der Waals surface area contributed by atoms with Crippen LogP contribution in [0.15, 0.2) is 109 Å². The number of nitrogens with zero attached hydrogens (tertiary/aromatic N) is 4. The Kier molecular flexibility index (Phi) is 10.2. The Morgan fingerprint density at radius 2 is 1.36 bits per heavy atom. The molecule has 4 N–H and O–H groups in total. The number of amides is 4. The maximum atomic E-state index is 14.0. The third-order valence-electron chi connectivity index (χ3n) is 11.7.